The number of hydrogen-bond donors (Lipinski definition) is 1. The van der Waals surface area contributed by atoms with Crippen LogP contribution in [-0.4, -0.2) is 38.2 Å². The lowest BCUT2D eigenvalue weighted by molar-refractivity contribution is 0.169. The van der Waals surface area contributed by atoms with Gasteiger partial charge in [0, 0.05) is 32.2 Å². The first-order valence-electron chi connectivity index (χ1n) is 9.11. The molecule has 25 heavy (non-hydrogen) atoms. The Kier molecular flexibility index (Phi) is 6.31. The van der Waals surface area contributed by atoms with E-state index in [1.54, 1.807) is 7.11 Å². The van der Waals surface area contributed by atoms with Crippen molar-refractivity contribution in [1.29, 1.82) is 0 Å². The van der Waals surface area contributed by atoms with Gasteiger partial charge in [-0.2, -0.15) is 0 Å². The standard InChI is InChI=1S/C21H28N2O2/c1-3-19(23-13-11-22-12-14-23)18-9-10-20(24-2)21(15-18)25-16-17-7-5-4-6-8-17/h4-10,15,19,22H,3,11-14,16H2,1-2H3/t19-/m0/s1. The van der Waals surface area contributed by atoms with Crippen molar-refractivity contribution in [3.63, 3.8) is 0 Å². The number of piperazine rings is 1. The van der Waals surface area contributed by atoms with Crippen LogP contribution >= 0.6 is 0 Å². The molecule has 1 fully saturated rings. The Balaban J connectivity index is 1.78. The number of ether oxygens (including phenoxy) is 2. The molecule has 134 valence electrons. The molecule has 1 saturated heterocycles. The van der Waals surface area contributed by atoms with E-state index in [9.17, 15) is 0 Å². The van der Waals surface area contributed by atoms with Crippen molar-refractivity contribution in [3.05, 3.63) is 59.7 Å². The topological polar surface area (TPSA) is 33.7 Å². The summed E-state index contributed by atoms with van der Waals surface area (Å²) < 4.78 is 11.6. The number of benzene rings is 2. The van der Waals surface area contributed by atoms with Crippen molar-refractivity contribution in [2.24, 2.45) is 0 Å². The average Bonchev–Trinajstić information content (AvgIpc) is 2.69. The highest BCUT2D eigenvalue weighted by atomic mass is 16.5. The van der Waals surface area contributed by atoms with Crippen molar-refractivity contribution >= 4 is 0 Å². The minimum absolute atomic E-state index is 0.423. The summed E-state index contributed by atoms with van der Waals surface area (Å²) in [6.45, 7) is 7.09. The van der Waals surface area contributed by atoms with Gasteiger partial charge in [0.2, 0.25) is 0 Å². The molecule has 1 aliphatic rings. The summed E-state index contributed by atoms with van der Waals surface area (Å²) in [5.74, 6) is 1.60. The van der Waals surface area contributed by atoms with Crippen LogP contribution in [0.3, 0.4) is 0 Å². The number of hydrogen-bond acceptors (Lipinski definition) is 4. The molecule has 0 aromatic heterocycles. The van der Waals surface area contributed by atoms with E-state index in [-0.39, 0.29) is 0 Å². The Hall–Kier alpha value is -2.04. The predicted molar refractivity (Wildman–Crippen MR) is 101 cm³/mol. The van der Waals surface area contributed by atoms with Crippen LogP contribution in [0.25, 0.3) is 0 Å². The van der Waals surface area contributed by atoms with Crippen molar-refractivity contribution in [2.75, 3.05) is 33.3 Å². The molecule has 0 bridgehead atoms. The molecule has 1 N–H and O–H groups in total. The second-order valence-electron chi connectivity index (χ2n) is 6.39. The normalized spacial score (nSPS) is 16.4. The molecule has 0 amide bonds. The Bertz CT molecular complexity index is 654. The highest BCUT2D eigenvalue weighted by molar-refractivity contribution is 5.44. The van der Waals surface area contributed by atoms with E-state index in [1.807, 2.05) is 24.3 Å². The first-order valence-corrected chi connectivity index (χ1v) is 9.11. The van der Waals surface area contributed by atoms with Crippen LogP contribution in [0, 0.1) is 0 Å². The minimum atomic E-state index is 0.423. The van der Waals surface area contributed by atoms with Gasteiger partial charge < -0.3 is 14.8 Å². The Morgan fingerprint density at radius 1 is 1.04 bits per heavy atom. The van der Waals surface area contributed by atoms with E-state index >= 15 is 0 Å². The van der Waals surface area contributed by atoms with Gasteiger partial charge in [0.05, 0.1) is 7.11 Å². The summed E-state index contributed by atoms with van der Waals surface area (Å²) in [5, 5.41) is 3.43. The summed E-state index contributed by atoms with van der Waals surface area (Å²) in [4.78, 5) is 2.55. The lowest BCUT2D eigenvalue weighted by Gasteiger charge is -2.35. The van der Waals surface area contributed by atoms with E-state index in [0.717, 1.165) is 49.7 Å². The lowest BCUT2D eigenvalue weighted by atomic mass is 10.0. The number of rotatable bonds is 7. The summed E-state index contributed by atoms with van der Waals surface area (Å²) >= 11 is 0. The number of methoxy groups -OCH3 is 1. The molecular weight excluding hydrogens is 312 g/mol. The SMILES string of the molecule is CC[C@@H](c1ccc(OC)c(OCc2ccccc2)c1)N1CCNCC1. The maximum absolute atomic E-state index is 6.08. The van der Waals surface area contributed by atoms with Gasteiger partial charge in [-0.3, -0.25) is 4.90 Å². The Morgan fingerprint density at radius 2 is 1.80 bits per heavy atom. The summed E-state index contributed by atoms with van der Waals surface area (Å²) in [6, 6.07) is 17.0. The van der Waals surface area contributed by atoms with Crippen molar-refractivity contribution in [1.82, 2.24) is 10.2 Å². The first kappa shape index (κ1) is 17.8. The van der Waals surface area contributed by atoms with E-state index in [1.165, 1.54) is 5.56 Å². The zero-order valence-electron chi connectivity index (χ0n) is 15.2. The van der Waals surface area contributed by atoms with Crippen LogP contribution < -0.4 is 14.8 Å². The fourth-order valence-electron chi connectivity index (χ4n) is 3.45. The molecule has 0 radical (unpaired) electrons. The van der Waals surface area contributed by atoms with Gasteiger partial charge in [0.1, 0.15) is 6.61 Å². The van der Waals surface area contributed by atoms with Crippen molar-refractivity contribution < 1.29 is 9.47 Å². The Morgan fingerprint density at radius 3 is 2.48 bits per heavy atom. The average molecular weight is 340 g/mol. The molecule has 0 saturated carbocycles. The number of nitrogens with zero attached hydrogens (tertiary/aromatic N) is 1. The van der Waals surface area contributed by atoms with Crippen LogP contribution in [0.5, 0.6) is 11.5 Å². The fourth-order valence-corrected chi connectivity index (χ4v) is 3.45. The van der Waals surface area contributed by atoms with E-state index in [4.69, 9.17) is 9.47 Å². The van der Waals surface area contributed by atoms with Crippen LogP contribution in [0.1, 0.15) is 30.5 Å². The molecule has 2 aromatic carbocycles. The second kappa shape index (κ2) is 8.88. The quantitative estimate of drug-likeness (QED) is 0.834. The molecule has 0 unspecified atom stereocenters. The summed E-state index contributed by atoms with van der Waals surface area (Å²) in [5.41, 5.74) is 2.46. The molecule has 2 aromatic rings. The molecule has 0 spiro atoms. The van der Waals surface area contributed by atoms with Gasteiger partial charge in [-0.25, -0.2) is 0 Å². The maximum atomic E-state index is 6.08. The van der Waals surface area contributed by atoms with Crippen molar-refractivity contribution in [3.8, 4) is 11.5 Å². The second-order valence-corrected chi connectivity index (χ2v) is 6.39. The Labute approximate surface area is 150 Å². The van der Waals surface area contributed by atoms with Gasteiger partial charge in [-0.1, -0.05) is 43.3 Å². The highest BCUT2D eigenvalue weighted by Crippen LogP contribution is 2.34. The van der Waals surface area contributed by atoms with Gasteiger partial charge in [-0.05, 0) is 29.7 Å². The zero-order chi connectivity index (χ0) is 17.5. The number of nitrogens with one attached hydrogen (secondary N) is 1. The van der Waals surface area contributed by atoms with E-state index < -0.39 is 0 Å². The van der Waals surface area contributed by atoms with E-state index in [0.29, 0.717) is 12.6 Å². The molecule has 3 rings (SSSR count). The largest absolute Gasteiger partial charge is 0.493 e. The van der Waals surface area contributed by atoms with Gasteiger partial charge in [-0.15, -0.1) is 0 Å². The van der Waals surface area contributed by atoms with Crippen LogP contribution in [0.15, 0.2) is 48.5 Å². The first-order chi connectivity index (χ1) is 12.3. The maximum Gasteiger partial charge on any atom is 0.161 e. The van der Waals surface area contributed by atoms with Crippen LogP contribution in [-0.2, 0) is 6.61 Å². The molecule has 1 atom stereocenters. The van der Waals surface area contributed by atoms with Crippen LogP contribution in [0.2, 0.25) is 0 Å². The third-order valence-electron chi connectivity index (χ3n) is 4.79. The predicted octanol–water partition coefficient (Wildman–Crippen LogP) is 3.63. The third kappa shape index (κ3) is 4.53. The molecule has 4 heteroatoms. The summed E-state index contributed by atoms with van der Waals surface area (Å²) in [6.07, 6.45) is 1.09. The molecular formula is C21H28N2O2. The molecule has 0 aliphatic carbocycles. The molecule has 1 heterocycles. The smallest absolute Gasteiger partial charge is 0.161 e. The highest BCUT2D eigenvalue weighted by Gasteiger charge is 2.21. The zero-order valence-corrected chi connectivity index (χ0v) is 15.2. The van der Waals surface area contributed by atoms with Gasteiger partial charge >= 0.3 is 0 Å². The van der Waals surface area contributed by atoms with Crippen LogP contribution in [0.4, 0.5) is 0 Å². The van der Waals surface area contributed by atoms with Crippen molar-refractivity contribution in [2.45, 2.75) is 26.0 Å². The fraction of sp³-hybridized carbons (Fsp3) is 0.429. The van der Waals surface area contributed by atoms with Gasteiger partial charge in [0.25, 0.3) is 0 Å². The van der Waals surface area contributed by atoms with Gasteiger partial charge in [0.15, 0.2) is 11.5 Å². The lowest BCUT2D eigenvalue weighted by Crippen LogP contribution is -2.45. The van der Waals surface area contributed by atoms with E-state index in [2.05, 4.69) is 41.4 Å². The minimum Gasteiger partial charge on any atom is -0.493 e. The third-order valence-corrected chi connectivity index (χ3v) is 4.79. The molecule has 4 nitrogen and oxygen atoms in total. The summed E-state index contributed by atoms with van der Waals surface area (Å²) in [7, 11) is 1.69. The monoisotopic (exact) mass is 340 g/mol. The molecule has 1 aliphatic heterocycles.